The molecule has 0 aliphatic carbocycles. The lowest BCUT2D eigenvalue weighted by Gasteiger charge is -2.07. The fourth-order valence-electron chi connectivity index (χ4n) is 1.70. The molecule has 2 rings (SSSR count). The first-order chi connectivity index (χ1) is 9.40. The van der Waals surface area contributed by atoms with E-state index < -0.39 is 35.3 Å². The second-order valence-corrected chi connectivity index (χ2v) is 5.19. The number of hydrogen-bond acceptors (Lipinski definition) is 4. The van der Waals surface area contributed by atoms with Gasteiger partial charge in [-0.05, 0) is 40.8 Å². The largest absolute Gasteiger partial charge is 0.506 e. The number of rotatable bonds is 3. The van der Waals surface area contributed by atoms with Crippen molar-refractivity contribution < 1.29 is 19.8 Å². The van der Waals surface area contributed by atoms with Crippen LogP contribution in [-0.2, 0) is 4.79 Å². The summed E-state index contributed by atoms with van der Waals surface area (Å²) in [7, 11) is 0. The lowest BCUT2D eigenvalue weighted by Crippen LogP contribution is -2.33. The quantitative estimate of drug-likeness (QED) is 0.576. The Bertz CT molecular complexity index is 768. The van der Waals surface area contributed by atoms with E-state index in [9.17, 15) is 19.5 Å². The third kappa shape index (κ3) is 2.74. The number of H-pyrrole nitrogens is 1. The van der Waals surface area contributed by atoms with Crippen LogP contribution in [0.2, 0.25) is 0 Å². The monoisotopic (exact) mass is 388 g/mol. The van der Waals surface area contributed by atoms with Crippen molar-refractivity contribution in [3.05, 3.63) is 37.7 Å². The summed E-state index contributed by atoms with van der Waals surface area (Å²) in [6, 6.07) is 4.95. The Labute approximate surface area is 125 Å². The van der Waals surface area contributed by atoms with Crippen molar-refractivity contribution in [3.8, 4) is 5.75 Å². The highest BCUT2D eigenvalue weighted by Gasteiger charge is 2.19. The average molecular weight is 388 g/mol. The molecule has 0 aliphatic heterocycles. The number of amides is 1. The van der Waals surface area contributed by atoms with Crippen LogP contribution in [0.15, 0.2) is 23.0 Å². The Hall–Kier alpha value is -2.10. The number of aromatic nitrogens is 1. The summed E-state index contributed by atoms with van der Waals surface area (Å²) in [5, 5.41) is 20.9. The van der Waals surface area contributed by atoms with Crippen LogP contribution >= 0.6 is 22.6 Å². The van der Waals surface area contributed by atoms with Crippen LogP contribution in [0, 0.1) is 3.57 Å². The number of carboxylic acids is 1. The van der Waals surface area contributed by atoms with E-state index >= 15 is 0 Å². The van der Waals surface area contributed by atoms with E-state index in [1.54, 1.807) is 18.2 Å². The van der Waals surface area contributed by atoms with Gasteiger partial charge < -0.3 is 20.5 Å². The first kappa shape index (κ1) is 14.3. The third-order valence-corrected chi connectivity index (χ3v) is 3.25. The van der Waals surface area contributed by atoms with Crippen molar-refractivity contribution in [3.63, 3.8) is 0 Å². The molecule has 4 N–H and O–H groups in total. The third-order valence-electron chi connectivity index (χ3n) is 2.58. The minimum absolute atomic E-state index is 0.317. The molecular formula is C12H9IN2O5. The van der Waals surface area contributed by atoms with Crippen molar-refractivity contribution in [1.29, 1.82) is 0 Å². The molecule has 0 radical (unpaired) electrons. The zero-order valence-electron chi connectivity index (χ0n) is 9.94. The lowest BCUT2D eigenvalue weighted by molar-refractivity contribution is -0.135. The Morgan fingerprint density at radius 1 is 1.35 bits per heavy atom. The summed E-state index contributed by atoms with van der Waals surface area (Å²) in [6.45, 7) is -0.637. The minimum Gasteiger partial charge on any atom is -0.506 e. The van der Waals surface area contributed by atoms with Gasteiger partial charge in [-0.15, -0.1) is 0 Å². The fourth-order valence-corrected chi connectivity index (χ4v) is 2.19. The molecule has 0 bridgehead atoms. The molecular weight excluding hydrogens is 379 g/mol. The van der Waals surface area contributed by atoms with E-state index in [0.29, 0.717) is 10.9 Å². The molecule has 0 saturated carbocycles. The van der Waals surface area contributed by atoms with E-state index in [1.807, 2.05) is 27.9 Å². The second kappa shape index (κ2) is 5.49. The fraction of sp³-hybridized carbons (Fsp3) is 0.0833. The van der Waals surface area contributed by atoms with Gasteiger partial charge in [0.15, 0.2) is 0 Å². The van der Waals surface area contributed by atoms with Crippen LogP contribution in [-0.4, -0.2) is 33.6 Å². The van der Waals surface area contributed by atoms with E-state index in [2.05, 4.69) is 4.98 Å². The summed E-state index contributed by atoms with van der Waals surface area (Å²) in [5.74, 6) is -2.65. The molecule has 7 nitrogen and oxygen atoms in total. The first-order valence-electron chi connectivity index (χ1n) is 5.44. The number of hydrogen-bond donors (Lipinski definition) is 4. The average Bonchev–Trinajstić information content (AvgIpc) is 2.37. The number of carboxylic acid groups (broad SMARTS) is 1. The molecule has 0 atom stereocenters. The van der Waals surface area contributed by atoms with Gasteiger partial charge in [0.1, 0.15) is 17.9 Å². The summed E-state index contributed by atoms with van der Waals surface area (Å²) in [4.78, 5) is 36.4. The Balaban J connectivity index is 2.56. The highest BCUT2D eigenvalue weighted by atomic mass is 127. The molecule has 0 unspecified atom stereocenters. The Kier molecular flexibility index (Phi) is 3.93. The zero-order valence-corrected chi connectivity index (χ0v) is 12.1. The first-order valence-corrected chi connectivity index (χ1v) is 6.52. The van der Waals surface area contributed by atoms with E-state index in [0.717, 1.165) is 3.57 Å². The molecule has 0 saturated heterocycles. The number of nitrogens with one attached hydrogen (secondary N) is 2. The zero-order chi connectivity index (χ0) is 14.9. The van der Waals surface area contributed by atoms with Gasteiger partial charge in [0, 0.05) is 8.96 Å². The van der Waals surface area contributed by atoms with Crippen LogP contribution in [0.1, 0.15) is 10.4 Å². The Morgan fingerprint density at radius 2 is 2.05 bits per heavy atom. The van der Waals surface area contributed by atoms with E-state index in [4.69, 9.17) is 5.11 Å². The van der Waals surface area contributed by atoms with Crippen molar-refractivity contribution in [2.75, 3.05) is 6.54 Å². The summed E-state index contributed by atoms with van der Waals surface area (Å²) >= 11 is 2.03. The van der Waals surface area contributed by atoms with Crippen molar-refractivity contribution in [1.82, 2.24) is 10.3 Å². The molecule has 0 aliphatic rings. The maximum atomic E-state index is 11.8. The maximum absolute atomic E-state index is 11.8. The number of carbonyl (C=O) groups excluding carboxylic acids is 1. The van der Waals surface area contributed by atoms with Crippen molar-refractivity contribution >= 4 is 45.4 Å². The molecule has 2 aromatic rings. The van der Waals surface area contributed by atoms with Crippen molar-refractivity contribution in [2.24, 2.45) is 0 Å². The number of halogens is 1. The number of fused-ring (bicyclic) bond motifs is 1. The topological polar surface area (TPSA) is 119 Å². The smallest absolute Gasteiger partial charge is 0.322 e. The standard InChI is InChI=1S/C12H9IN2O5/c13-5-1-2-7-6(3-5)10(18)9(12(20)15-7)11(19)14-4-8(16)17/h1-3H,4H2,(H,14,19)(H,16,17)(H2,15,18,20). The normalized spacial score (nSPS) is 10.4. The van der Waals surface area contributed by atoms with Gasteiger partial charge in [0.25, 0.3) is 11.5 Å². The number of carbonyl (C=O) groups is 2. The van der Waals surface area contributed by atoms with Crippen LogP contribution in [0.4, 0.5) is 0 Å². The molecule has 1 aromatic heterocycles. The van der Waals surface area contributed by atoms with Gasteiger partial charge in [0.05, 0.1) is 5.52 Å². The lowest BCUT2D eigenvalue weighted by atomic mass is 10.1. The van der Waals surface area contributed by atoms with Crippen LogP contribution in [0.25, 0.3) is 10.9 Å². The molecule has 1 amide bonds. The van der Waals surface area contributed by atoms with Crippen molar-refractivity contribution in [2.45, 2.75) is 0 Å². The van der Waals surface area contributed by atoms with Gasteiger partial charge in [-0.25, -0.2) is 0 Å². The SMILES string of the molecule is O=C(O)CNC(=O)c1c(O)c2cc(I)ccc2[nH]c1=O. The number of aromatic amines is 1. The molecule has 8 heteroatoms. The summed E-state index contributed by atoms with van der Waals surface area (Å²) < 4.78 is 0.814. The highest BCUT2D eigenvalue weighted by molar-refractivity contribution is 14.1. The molecule has 104 valence electrons. The van der Waals surface area contributed by atoms with E-state index in [-0.39, 0.29) is 0 Å². The molecule has 1 aromatic carbocycles. The van der Waals surface area contributed by atoms with Gasteiger partial charge in [-0.2, -0.15) is 0 Å². The predicted octanol–water partition coefficient (Wildman–Crippen LogP) is 0.653. The highest BCUT2D eigenvalue weighted by Crippen LogP contribution is 2.26. The number of benzene rings is 1. The summed E-state index contributed by atoms with van der Waals surface area (Å²) in [6.07, 6.45) is 0. The van der Waals surface area contributed by atoms with E-state index in [1.165, 1.54) is 0 Å². The molecule has 1 heterocycles. The Morgan fingerprint density at radius 3 is 2.70 bits per heavy atom. The second-order valence-electron chi connectivity index (χ2n) is 3.94. The minimum atomic E-state index is -1.25. The summed E-state index contributed by atoms with van der Waals surface area (Å²) in [5.41, 5.74) is -0.887. The van der Waals surface area contributed by atoms with Crippen LogP contribution in [0.5, 0.6) is 5.75 Å². The maximum Gasteiger partial charge on any atom is 0.322 e. The van der Waals surface area contributed by atoms with Crippen LogP contribution < -0.4 is 10.9 Å². The number of aliphatic carboxylic acids is 1. The van der Waals surface area contributed by atoms with Gasteiger partial charge >= 0.3 is 5.97 Å². The van der Waals surface area contributed by atoms with Gasteiger partial charge in [-0.3, -0.25) is 14.4 Å². The molecule has 20 heavy (non-hydrogen) atoms. The number of aromatic hydroxyl groups is 1. The van der Waals surface area contributed by atoms with Gasteiger partial charge in [0.2, 0.25) is 0 Å². The predicted molar refractivity (Wildman–Crippen MR) is 78.9 cm³/mol. The molecule has 0 fully saturated rings. The number of pyridine rings is 1. The molecule has 0 spiro atoms. The van der Waals surface area contributed by atoms with Gasteiger partial charge in [-0.1, -0.05) is 0 Å². The van der Waals surface area contributed by atoms with Crippen LogP contribution in [0.3, 0.4) is 0 Å².